The van der Waals surface area contributed by atoms with Gasteiger partial charge in [-0.3, -0.25) is 0 Å². The fourth-order valence-corrected chi connectivity index (χ4v) is 0.644. The van der Waals surface area contributed by atoms with Crippen LogP contribution in [-0.4, -0.2) is 7.05 Å². The zero-order valence-corrected chi connectivity index (χ0v) is 11.7. The second-order valence-electron chi connectivity index (χ2n) is 1.85. The first-order valence-electron chi connectivity index (χ1n) is 2.94. The van der Waals surface area contributed by atoms with Crippen molar-refractivity contribution in [2.24, 2.45) is 10.2 Å². The van der Waals surface area contributed by atoms with Crippen LogP contribution < -0.4 is 59.1 Å². The van der Waals surface area contributed by atoms with Crippen molar-refractivity contribution in [2.45, 2.75) is 0 Å². The van der Waals surface area contributed by atoms with E-state index in [1.807, 2.05) is 0 Å². The van der Waals surface area contributed by atoms with Crippen LogP contribution in [0, 0.1) is 0 Å². The van der Waals surface area contributed by atoms with Crippen molar-refractivity contribution < 1.29 is 59.1 Å². The summed E-state index contributed by atoms with van der Waals surface area (Å²) in [4.78, 5) is 0. The van der Waals surface area contributed by atoms with Gasteiger partial charge in [0.2, 0.25) is 0 Å². The van der Waals surface area contributed by atoms with Crippen molar-refractivity contribution in [1.82, 2.24) is 0 Å². The van der Waals surface area contributed by atoms with Gasteiger partial charge < -0.3 is 5.73 Å². The van der Waals surface area contributed by atoms with Crippen LogP contribution in [0.25, 0.3) is 5.73 Å². The van der Waals surface area contributed by atoms with Gasteiger partial charge in [0.25, 0.3) is 0 Å². The number of azo groups is 1. The Bertz CT molecular complexity index is 233. The van der Waals surface area contributed by atoms with E-state index >= 15 is 0 Å². The Morgan fingerprint density at radius 2 is 1.58 bits per heavy atom. The normalized spacial score (nSPS) is 8.75. The average molecular weight is 180 g/mol. The minimum atomic E-state index is 0. The summed E-state index contributed by atoms with van der Waals surface area (Å²) < 4.78 is 0. The molecule has 52 valence electrons. The molecule has 0 saturated heterocycles. The Balaban J connectivity index is 0. The van der Waals surface area contributed by atoms with Crippen LogP contribution in [0.2, 0.25) is 0 Å². The van der Waals surface area contributed by atoms with E-state index in [9.17, 15) is 0 Å². The third-order valence-electron chi connectivity index (χ3n) is 1.08. The van der Waals surface area contributed by atoms with Crippen LogP contribution in [0.5, 0.6) is 0 Å². The summed E-state index contributed by atoms with van der Waals surface area (Å²) in [7, 11) is 1.62. The Morgan fingerprint density at radius 1 is 1.08 bits per heavy atom. The Hall–Kier alpha value is 0.620. The van der Waals surface area contributed by atoms with Crippen molar-refractivity contribution >= 4 is 11.4 Å². The van der Waals surface area contributed by atoms with Crippen LogP contribution in [0.1, 0.15) is 0 Å². The summed E-state index contributed by atoms with van der Waals surface area (Å²) in [6.07, 6.45) is 0. The first-order valence-corrected chi connectivity index (χ1v) is 2.94. The molecule has 1 rings (SSSR count). The standard InChI is InChI=1S/C7H8N3.2Na/c1-9-10-7-4-2-6(8)3-5-7;;/h2-5,8H,1H3;;/q-1;2*+1. The molecule has 12 heavy (non-hydrogen) atoms. The van der Waals surface area contributed by atoms with Crippen molar-refractivity contribution in [2.75, 3.05) is 7.05 Å². The van der Waals surface area contributed by atoms with Gasteiger partial charge in [-0.1, -0.05) is 12.1 Å². The summed E-state index contributed by atoms with van der Waals surface area (Å²) in [6.45, 7) is 0. The van der Waals surface area contributed by atoms with E-state index in [2.05, 4.69) is 10.2 Å². The number of nitrogens with one attached hydrogen (secondary N) is 1. The molecule has 0 amide bonds. The van der Waals surface area contributed by atoms with E-state index in [-0.39, 0.29) is 59.1 Å². The smallest absolute Gasteiger partial charge is 0.699 e. The third kappa shape index (κ3) is 5.30. The van der Waals surface area contributed by atoms with Crippen LogP contribution in [0.3, 0.4) is 0 Å². The molecule has 0 aliphatic rings. The first kappa shape index (κ1) is 15.1. The zero-order chi connectivity index (χ0) is 7.40. The second kappa shape index (κ2) is 8.23. The molecule has 1 aromatic rings. The molecule has 0 aliphatic heterocycles. The molecule has 3 nitrogen and oxygen atoms in total. The van der Waals surface area contributed by atoms with Gasteiger partial charge in [-0.05, 0) is 12.1 Å². The quantitative estimate of drug-likeness (QED) is 0.329. The van der Waals surface area contributed by atoms with Crippen LogP contribution in [0.15, 0.2) is 34.5 Å². The summed E-state index contributed by atoms with van der Waals surface area (Å²) in [5.74, 6) is 0. The van der Waals surface area contributed by atoms with E-state index in [0.29, 0.717) is 5.69 Å². The maximum Gasteiger partial charge on any atom is 1.00 e. The molecule has 0 heterocycles. The maximum absolute atomic E-state index is 7.15. The van der Waals surface area contributed by atoms with Gasteiger partial charge in [-0.2, -0.15) is 10.2 Å². The second-order valence-corrected chi connectivity index (χ2v) is 1.85. The largest absolute Gasteiger partial charge is 1.00 e. The molecular formula is C7H8N3Na2+. The van der Waals surface area contributed by atoms with Gasteiger partial charge >= 0.3 is 59.1 Å². The van der Waals surface area contributed by atoms with E-state index < -0.39 is 0 Å². The third-order valence-corrected chi connectivity index (χ3v) is 1.08. The van der Waals surface area contributed by atoms with Gasteiger partial charge in [0.1, 0.15) is 0 Å². The summed E-state index contributed by atoms with van der Waals surface area (Å²) >= 11 is 0. The monoisotopic (exact) mass is 180 g/mol. The molecule has 0 spiro atoms. The van der Waals surface area contributed by atoms with Crippen molar-refractivity contribution in [1.29, 1.82) is 0 Å². The minimum Gasteiger partial charge on any atom is -0.699 e. The fourth-order valence-electron chi connectivity index (χ4n) is 0.644. The molecule has 0 unspecified atom stereocenters. The Morgan fingerprint density at radius 3 is 2.00 bits per heavy atom. The number of benzene rings is 1. The van der Waals surface area contributed by atoms with Crippen molar-refractivity contribution in [3.05, 3.63) is 30.0 Å². The molecule has 0 atom stereocenters. The summed E-state index contributed by atoms with van der Waals surface area (Å²) in [5.41, 5.74) is 8.44. The molecule has 0 aliphatic carbocycles. The van der Waals surface area contributed by atoms with Gasteiger partial charge in [0.05, 0.1) is 5.69 Å². The van der Waals surface area contributed by atoms with Crippen LogP contribution in [0.4, 0.5) is 11.4 Å². The molecule has 0 bridgehead atoms. The summed E-state index contributed by atoms with van der Waals surface area (Å²) in [6, 6.07) is 6.89. The van der Waals surface area contributed by atoms with Crippen LogP contribution >= 0.6 is 0 Å². The van der Waals surface area contributed by atoms with Crippen LogP contribution in [-0.2, 0) is 0 Å². The Labute approximate surface area is 116 Å². The van der Waals surface area contributed by atoms with E-state index in [0.717, 1.165) is 5.69 Å². The fraction of sp³-hybridized carbons (Fsp3) is 0.143. The number of rotatable bonds is 1. The maximum atomic E-state index is 7.15. The molecule has 5 heteroatoms. The molecule has 1 aromatic carbocycles. The molecule has 0 saturated carbocycles. The summed E-state index contributed by atoms with van der Waals surface area (Å²) in [5, 5.41) is 7.39. The predicted molar refractivity (Wildman–Crippen MR) is 40.9 cm³/mol. The van der Waals surface area contributed by atoms with Crippen molar-refractivity contribution in [3.8, 4) is 0 Å². The predicted octanol–water partition coefficient (Wildman–Crippen LogP) is -2.91. The number of hydrogen-bond acceptors (Lipinski definition) is 2. The molecule has 1 N–H and O–H groups in total. The van der Waals surface area contributed by atoms with Gasteiger partial charge in [0, 0.05) is 7.05 Å². The topological polar surface area (TPSA) is 48.5 Å². The van der Waals surface area contributed by atoms with Gasteiger partial charge in [-0.25, -0.2) is 0 Å². The number of hydrogen-bond donors (Lipinski definition) is 0. The molecule has 0 radical (unpaired) electrons. The number of nitrogens with zero attached hydrogens (tertiary/aromatic N) is 2. The minimum absolute atomic E-state index is 0. The average Bonchev–Trinajstić information content (AvgIpc) is 1.95. The van der Waals surface area contributed by atoms with E-state index in [1.54, 1.807) is 31.3 Å². The van der Waals surface area contributed by atoms with E-state index in [4.69, 9.17) is 5.73 Å². The zero-order valence-electron chi connectivity index (χ0n) is 7.70. The first-order chi connectivity index (χ1) is 4.83. The SMILES string of the molecule is CN=Nc1ccc([NH-])cc1.[Na+].[Na+]. The van der Waals surface area contributed by atoms with Gasteiger partial charge in [-0.15, -0.1) is 5.69 Å². The molecular weight excluding hydrogens is 172 g/mol. The molecule has 0 aromatic heterocycles. The van der Waals surface area contributed by atoms with Gasteiger partial charge in [0.15, 0.2) is 0 Å². The molecule has 0 fully saturated rings. The Kier molecular flexibility index (Phi) is 10.4. The van der Waals surface area contributed by atoms with E-state index in [1.165, 1.54) is 0 Å². The van der Waals surface area contributed by atoms with Crippen molar-refractivity contribution in [3.63, 3.8) is 0 Å².